The monoisotopic (exact) mass is 309 g/mol. The second-order valence-corrected chi connectivity index (χ2v) is 5.96. The molecule has 1 aromatic rings. The molecular formula is C16H20ClNO3. The molecular weight excluding hydrogens is 290 g/mol. The van der Waals surface area contributed by atoms with Crippen LogP contribution in [0.25, 0.3) is 0 Å². The predicted molar refractivity (Wildman–Crippen MR) is 81.3 cm³/mol. The van der Waals surface area contributed by atoms with E-state index in [4.69, 9.17) is 16.7 Å². The molecule has 2 atom stereocenters. The Labute approximate surface area is 129 Å². The van der Waals surface area contributed by atoms with Gasteiger partial charge in [-0.05, 0) is 37.3 Å². The quantitative estimate of drug-likeness (QED) is 0.878. The maximum Gasteiger partial charge on any atom is 0.306 e. The Balaban J connectivity index is 1.79. The van der Waals surface area contributed by atoms with E-state index in [1.807, 2.05) is 24.3 Å². The molecule has 114 valence electrons. The van der Waals surface area contributed by atoms with Gasteiger partial charge in [0.2, 0.25) is 5.91 Å². The van der Waals surface area contributed by atoms with Gasteiger partial charge in [0.1, 0.15) is 0 Å². The number of amides is 1. The zero-order valence-corrected chi connectivity index (χ0v) is 12.6. The highest BCUT2D eigenvalue weighted by molar-refractivity contribution is 6.31. The minimum absolute atomic E-state index is 0.0152. The van der Waals surface area contributed by atoms with E-state index in [9.17, 15) is 9.59 Å². The highest BCUT2D eigenvalue weighted by Gasteiger charge is 2.27. The van der Waals surface area contributed by atoms with Crippen LogP contribution in [0.3, 0.4) is 0 Å². The van der Waals surface area contributed by atoms with Crippen molar-refractivity contribution in [3.8, 4) is 0 Å². The fourth-order valence-corrected chi connectivity index (χ4v) is 3.02. The van der Waals surface area contributed by atoms with Crippen molar-refractivity contribution in [2.45, 2.75) is 44.6 Å². The lowest BCUT2D eigenvalue weighted by Crippen LogP contribution is -2.40. The molecule has 0 aromatic heterocycles. The first-order valence-electron chi connectivity index (χ1n) is 7.32. The van der Waals surface area contributed by atoms with E-state index in [1.54, 1.807) is 0 Å². The number of aliphatic carboxylic acids is 1. The number of rotatable bonds is 5. The summed E-state index contributed by atoms with van der Waals surface area (Å²) in [7, 11) is 0. The van der Waals surface area contributed by atoms with E-state index < -0.39 is 5.97 Å². The number of carbonyl (C=O) groups is 2. The molecule has 0 bridgehead atoms. The fraction of sp³-hybridized carbons (Fsp3) is 0.500. The van der Waals surface area contributed by atoms with Gasteiger partial charge in [-0.1, -0.05) is 36.2 Å². The number of carboxylic acids is 1. The van der Waals surface area contributed by atoms with Crippen LogP contribution in [0.5, 0.6) is 0 Å². The van der Waals surface area contributed by atoms with E-state index in [1.165, 1.54) is 0 Å². The van der Waals surface area contributed by atoms with E-state index in [-0.39, 0.29) is 17.9 Å². The average Bonchev–Trinajstić information content (AvgIpc) is 2.46. The highest BCUT2D eigenvalue weighted by atomic mass is 35.5. The maximum atomic E-state index is 12.0. The van der Waals surface area contributed by atoms with Crippen LogP contribution in [0, 0.1) is 5.92 Å². The van der Waals surface area contributed by atoms with Crippen LogP contribution < -0.4 is 5.32 Å². The maximum absolute atomic E-state index is 12.0. The Morgan fingerprint density at radius 3 is 2.76 bits per heavy atom. The normalized spacial score (nSPS) is 21.8. The van der Waals surface area contributed by atoms with Gasteiger partial charge in [0.25, 0.3) is 0 Å². The molecule has 2 rings (SSSR count). The second kappa shape index (κ2) is 7.46. The van der Waals surface area contributed by atoms with Crippen LogP contribution in [-0.2, 0) is 16.0 Å². The lowest BCUT2D eigenvalue weighted by molar-refractivity contribution is -0.143. The van der Waals surface area contributed by atoms with Gasteiger partial charge in [0.05, 0.1) is 5.92 Å². The fourth-order valence-electron chi connectivity index (χ4n) is 2.79. The molecule has 1 aromatic carbocycles. The van der Waals surface area contributed by atoms with Crippen molar-refractivity contribution in [2.75, 3.05) is 0 Å². The van der Waals surface area contributed by atoms with Crippen molar-refractivity contribution in [1.82, 2.24) is 5.32 Å². The minimum Gasteiger partial charge on any atom is -0.481 e. The van der Waals surface area contributed by atoms with Crippen molar-refractivity contribution in [2.24, 2.45) is 5.92 Å². The Bertz CT molecular complexity index is 518. The standard InChI is InChI=1S/C16H20ClNO3/c17-14-7-2-1-4-11(14)8-9-15(19)18-13-6-3-5-12(10-13)16(20)21/h1-2,4,7,12-13H,3,5-6,8-10H2,(H,18,19)(H,20,21). The third kappa shape index (κ3) is 4.74. The summed E-state index contributed by atoms with van der Waals surface area (Å²) in [5.41, 5.74) is 0.960. The van der Waals surface area contributed by atoms with Gasteiger partial charge in [-0.25, -0.2) is 0 Å². The largest absolute Gasteiger partial charge is 0.481 e. The first-order valence-corrected chi connectivity index (χ1v) is 7.69. The molecule has 0 radical (unpaired) electrons. The number of hydrogen-bond donors (Lipinski definition) is 2. The Morgan fingerprint density at radius 2 is 2.05 bits per heavy atom. The molecule has 1 aliphatic rings. The Morgan fingerprint density at radius 1 is 1.29 bits per heavy atom. The zero-order chi connectivity index (χ0) is 15.2. The molecule has 0 aliphatic heterocycles. The molecule has 2 unspecified atom stereocenters. The van der Waals surface area contributed by atoms with Crippen molar-refractivity contribution in [3.63, 3.8) is 0 Å². The van der Waals surface area contributed by atoms with Gasteiger partial charge in [0, 0.05) is 17.5 Å². The number of halogens is 1. The summed E-state index contributed by atoms with van der Waals surface area (Å²) in [6, 6.07) is 7.47. The third-order valence-corrected chi connectivity index (χ3v) is 4.34. The van der Waals surface area contributed by atoms with Gasteiger partial charge in [0.15, 0.2) is 0 Å². The summed E-state index contributed by atoms with van der Waals surface area (Å²) in [4.78, 5) is 23.0. The third-order valence-electron chi connectivity index (χ3n) is 3.97. The van der Waals surface area contributed by atoms with Crippen LogP contribution in [0.4, 0.5) is 0 Å². The van der Waals surface area contributed by atoms with Crippen molar-refractivity contribution >= 4 is 23.5 Å². The summed E-state index contributed by atoms with van der Waals surface area (Å²) < 4.78 is 0. The first-order chi connectivity index (χ1) is 10.1. The van der Waals surface area contributed by atoms with Crippen LogP contribution >= 0.6 is 11.6 Å². The van der Waals surface area contributed by atoms with E-state index >= 15 is 0 Å². The van der Waals surface area contributed by atoms with Crippen LogP contribution in [0.2, 0.25) is 5.02 Å². The Kier molecular flexibility index (Phi) is 5.62. The second-order valence-electron chi connectivity index (χ2n) is 5.56. The van der Waals surface area contributed by atoms with Gasteiger partial charge in [-0.2, -0.15) is 0 Å². The van der Waals surface area contributed by atoms with Gasteiger partial charge in [-0.3, -0.25) is 9.59 Å². The molecule has 1 saturated carbocycles. The molecule has 1 amide bonds. The van der Waals surface area contributed by atoms with E-state index in [0.29, 0.717) is 30.7 Å². The number of carbonyl (C=O) groups excluding carboxylic acids is 1. The number of carboxylic acid groups (broad SMARTS) is 1. The summed E-state index contributed by atoms with van der Waals surface area (Å²) in [5, 5.41) is 12.7. The van der Waals surface area contributed by atoms with Gasteiger partial charge in [-0.15, -0.1) is 0 Å². The zero-order valence-electron chi connectivity index (χ0n) is 11.8. The summed E-state index contributed by atoms with van der Waals surface area (Å²) in [5.74, 6) is -1.12. The molecule has 1 fully saturated rings. The minimum atomic E-state index is -0.759. The number of benzene rings is 1. The topological polar surface area (TPSA) is 66.4 Å². The van der Waals surface area contributed by atoms with Gasteiger partial charge < -0.3 is 10.4 Å². The lowest BCUT2D eigenvalue weighted by atomic mass is 9.85. The average molecular weight is 310 g/mol. The predicted octanol–water partition coefficient (Wildman–Crippen LogP) is 3.03. The number of hydrogen-bond acceptors (Lipinski definition) is 2. The number of nitrogens with one attached hydrogen (secondary N) is 1. The smallest absolute Gasteiger partial charge is 0.306 e. The molecule has 2 N–H and O–H groups in total. The molecule has 5 heteroatoms. The first kappa shape index (κ1) is 15.8. The molecule has 0 spiro atoms. The molecule has 21 heavy (non-hydrogen) atoms. The van der Waals surface area contributed by atoms with E-state index in [0.717, 1.165) is 18.4 Å². The SMILES string of the molecule is O=C(CCc1ccccc1Cl)NC1CCCC(C(=O)O)C1. The van der Waals surface area contributed by atoms with Crippen molar-refractivity contribution in [3.05, 3.63) is 34.9 Å². The van der Waals surface area contributed by atoms with Crippen molar-refractivity contribution < 1.29 is 14.7 Å². The molecule has 1 aliphatic carbocycles. The van der Waals surface area contributed by atoms with E-state index in [2.05, 4.69) is 5.32 Å². The number of aryl methyl sites for hydroxylation is 1. The lowest BCUT2D eigenvalue weighted by Gasteiger charge is -2.27. The summed E-state index contributed by atoms with van der Waals surface area (Å²) in [6.45, 7) is 0. The molecule has 4 nitrogen and oxygen atoms in total. The Hall–Kier alpha value is -1.55. The summed E-state index contributed by atoms with van der Waals surface area (Å²) in [6.07, 6.45) is 3.93. The van der Waals surface area contributed by atoms with Gasteiger partial charge >= 0.3 is 5.97 Å². The van der Waals surface area contributed by atoms with Crippen LogP contribution in [0.15, 0.2) is 24.3 Å². The highest BCUT2D eigenvalue weighted by Crippen LogP contribution is 2.24. The summed E-state index contributed by atoms with van der Waals surface area (Å²) >= 11 is 6.06. The van der Waals surface area contributed by atoms with Crippen LogP contribution in [-0.4, -0.2) is 23.0 Å². The van der Waals surface area contributed by atoms with Crippen molar-refractivity contribution in [1.29, 1.82) is 0 Å². The molecule has 0 saturated heterocycles. The molecule has 0 heterocycles. The van der Waals surface area contributed by atoms with Crippen LogP contribution in [0.1, 0.15) is 37.7 Å².